The number of benzene rings is 2. The standard InChI is InChI=1S/C14H6N2O4/c17-11-5-1-2-6(12(18)15-11)10-8-4-3-7(9(5)10)13(19)16-14(8)20/h1-4H,(H,15,17,18)(H,16,19,20). The second-order valence-corrected chi connectivity index (χ2v) is 4.64. The molecule has 0 unspecified atom stereocenters. The summed E-state index contributed by atoms with van der Waals surface area (Å²) in [6, 6.07) is 5.98. The van der Waals surface area contributed by atoms with Gasteiger partial charge in [-0.1, -0.05) is 0 Å². The van der Waals surface area contributed by atoms with Crippen molar-refractivity contribution in [2.75, 3.05) is 0 Å². The summed E-state index contributed by atoms with van der Waals surface area (Å²) in [6.45, 7) is 0. The molecule has 0 saturated heterocycles. The molecule has 20 heavy (non-hydrogen) atoms. The molecular formula is C14H6N2O4. The number of nitrogens with one attached hydrogen (secondary N) is 2. The zero-order valence-corrected chi connectivity index (χ0v) is 9.94. The number of aromatic amines is 2. The van der Waals surface area contributed by atoms with Crippen LogP contribution < -0.4 is 22.2 Å². The highest BCUT2D eigenvalue weighted by Crippen LogP contribution is 2.27. The van der Waals surface area contributed by atoms with E-state index in [0.29, 0.717) is 10.8 Å². The largest absolute Gasteiger partial charge is 0.288 e. The van der Waals surface area contributed by atoms with Gasteiger partial charge in [0.1, 0.15) is 0 Å². The van der Waals surface area contributed by atoms with E-state index in [9.17, 15) is 19.2 Å². The molecule has 2 N–H and O–H groups in total. The van der Waals surface area contributed by atoms with Crippen LogP contribution in [-0.4, -0.2) is 9.97 Å². The van der Waals surface area contributed by atoms with Gasteiger partial charge in [0, 0.05) is 32.3 Å². The Bertz CT molecular complexity index is 1030. The Hall–Kier alpha value is -3.02. The van der Waals surface area contributed by atoms with Crippen molar-refractivity contribution in [2.45, 2.75) is 0 Å². The first-order chi connectivity index (χ1) is 9.58. The number of hydrogen-bond acceptors (Lipinski definition) is 4. The third kappa shape index (κ3) is 1.13. The van der Waals surface area contributed by atoms with Crippen molar-refractivity contribution in [2.24, 2.45) is 0 Å². The summed E-state index contributed by atoms with van der Waals surface area (Å²) in [7, 11) is 0. The minimum Gasteiger partial charge on any atom is -0.288 e. The highest BCUT2D eigenvalue weighted by molar-refractivity contribution is 6.22. The first kappa shape index (κ1) is 10.9. The summed E-state index contributed by atoms with van der Waals surface area (Å²) >= 11 is 0. The SMILES string of the molecule is O=c1[nH]c(=O)c2ccc1c1c3ccc(c(=O)[nH]c3=O)c21. The summed E-state index contributed by atoms with van der Waals surface area (Å²) in [6.07, 6.45) is 0. The Morgan fingerprint density at radius 1 is 0.500 bits per heavy atom. The predicted octanol–water partition coefficient (Wildman–Crippen LogP) is 0.119. The topological polar surface area (TPSA) is 99.9 Å². The number of fused-ring (bicyclic) bond motifs is 6. The van der Waals surface area contributed by atoms with Gasteiger partial charge in [0.05, 0.1) is 0 Å². The van der Waals surface area contributed by atoms with Crippen molar-refractivity contribution in [1.29, 1.82) is 0 Å². The maximum atomic E-state index is 12.0. The van der Waals surface area contributed by atoms with Crippen LogP contribution in [0.5, 0.6) is 0 Å². The van der Waals surface area contributed by atoms with Crippen molar-refractivity contribution in [3.63, 3.8) is 0 Å². The quantitative estimate of drug-likeness (QED) is 0.472. The highest BCUT2D eigenvalue weighted by atomic mass is 16.2. The average molecular weight is 266 g/mol. The Morgan fingerprint density at radius 2 is 0.750 bits per heavy atom. The minimum absolute atomic E-state index is 0.219. The van der Waals surface area contributed by atoms with Crippen molar-refractivity contribution >= 4 is 32.3 Å². The minimum atomic E-state index is -0.569. The van der Waals surface area contributed by atoms with Crippen LogP contribution in [0.2, 0.25) is 0 Å². The predicted molar refractivity (Wildman–Crippen MR) is 75.1 cm³/mol. The number of H-pyrrole nitrogens is 2. The summed E-state index contributed by atoms with van der Waals surface area (Å²) in [4.78, 5) is 52.4. The molecule has 6 heteroatoms. The van der Waals surface area contributed by atoms with Gasteiger partial charge in [0.2, 0.25) is 0 Å². The van der Waals surface area contributed by atoms with E-state index in [1.807, 2.05) is 0 Å². The van der Waals surface area contributed by atoms with Crippen molar-refractivity contribution in [3.05, 3.63) is 65.7 Å². The molecule has 0 amide bonds. The van der Waals surface area contributed by atoms with Gasteiger partial charge in [0.15, 0.2) is 0 Å². The average Bonchev–Trinajstić information content (AvgIpc) is 2.74. The third-order valence-electron chi connectivity index (χ3n) is 3.59. The molecule has 0 aliphatic heterocycles. The van der Waals surface area contributed by atoms with Crippen LogP contribution in [0.1, 0.15) is 0 Å². The molecule has 0 radical (unpaired) electrons. The fourth-order valence-corrected chi connectivity index (χ4v) is 2.73. The summed E-state index contributed by atoms with van der Waals surface area (Å²) in [5.74, 6) is 0. The van der Waals surface area contributed by atoms with E-state index in [-0.39, 0.29) is 21.5 Å². The van der Waals surface area contributed by atoms with Crippen LogP contribution in [0.3, 0.4) is 0 Å². The van der Waals surface area contributed by atoms with Gasteiger partial charge < -0.3 is 0 Å². The molecule has 0 atom stereocenters. The number of hydrogen-bond donors (Lipinski definition) is 2. The molecule has 0 aliphatic rings. The molecule has 4 aromatic heterocycles. The molecule has 6 rings (SSSR count). The van der Waals surface area contributed by atoms with E-state index in [1.165, 1.54) is 24.3 Å². The first-order valence-electron chi connectivity index (χ1n) is 5.89. The van der Waals surface area contributed by atoms with Gasteiger partial charge in [-0.2, -0.15) is 0 Å². The first-order valence-corrected chi connectivity index (χ1v) is 5.89. The fraction of sp³-hybridized carbons (Fsp3) is 0. The van der Waals surface area contributed by atoms with Crippen molar-refractivity contribution in [1.82, 2.24) is 9.97 Å². The zero-order valence-electron chi connectivity index (χ0n) is 9.94. The van der Waals surface area contributed by atoms with E-state index < -0.39 is 22.2 Å². The molecule has 0 aliphatic carbocycles. The van der Waals surface area contributed by atoms with Gasteiger partial charge in [-0.25, -0.2) is 0 Å². The molecule has 2 aromatic carbocycles. The molecule has 0 saturated carbocycles. The summed E-state index contributed by atoms with van der Waals surface area (Å²) < 4.78 is 0. The molecule has 4 bridgehead atoms. The van der Waals surface area contributed by atoms with E-state index in [2.05, 4.69) is 9.97 Å². The lowest BCUT2D eigenvalue weighted by atomic mass is 10.00. The smallest absolute Gasteiger partial charge is 0.258 e. The van der Waals surface area contributed by atoms with Crippen LogP contribution in [0, 0.1) is 0 Å². The van der Waals surface area contributed by atoms with Gasteiger partial charge in [-0.15, -0.1) is 0 Å². The van der Waals surface area contributed by atoms with Crippen LogP contribution >= 0.6 is 0 Å². The number of rotatable bonds is 0. The molecule has 4 heterocycles. The Kier molecular flexibility index (Phi) is 1.79. The summed E-state index contributed by atoms with van der Waals surface area (Å²) in [5.41, 5.74) is -2.28. The molecule has 6 aromatic rings. The maximum Gasteiger partial charge on any atom is 0.258 e. The highest BCUT2D eigenvalue weighted by Gasteiger charge is 2.15. The van der Waals surface area contributed by atoms with Crippen LogP contribution in [-0.2, 0) is 0 Å². The second kappa shape index (κ2) is 3.30. The summed E-state index contributed by atoms with van der Waals surface area (Å²) in [5, 5.41) is 1.58. The number of aromatic nitrogens is 2. The lowest BCUT2D eigenvalue weighted by molar-refractivity contribution is 1.23. The van der Waals surface area contributed by atoms with E-state index in [0.717, 1.165) is 0 Å². The molecule has 6 nitrogen and oxygen atoms in total. The normalized spacial score (nSPS) is 11.8. The zero-order chi connectivity index (χ0) is 14.0. The molecule has 96 valence electrons. The third-order valence-corrected chi connectivity index (χ3v) is 3.59. The van der Waals surface area contributed by atoms with Gasteiger partial charge in [-0.3, -0.25) is 29.1 Å². The van der Waals surface area contributed by atoms with Crippen molar-refractivity contribution < 1.29 is 0 Å². The van der Waals surface area contributed by atoms with E-state index in [1.54, 1.807) is 0 Å². The molecule has 0 spiro atoms. The van der Waals surface area contributed by atoms with E-state index in [4.69, 9.17) is 0 Å². The van der Waals surface area contributed by atoms with Crippen LogP contribution in [0.4, 0.5) is 0 Å². The van der Waals surface area contributed by atoms with Gasteiger partial charge >= 0.3 is 0 Å². The lowest BCUT2D eigenvalue weighted by Gasteiger charge is -2.00. The van der Waals surface area contributed by atoms with E-state index >= 15 is 0 Å². The lowest BCUT2D eigenvalue weighted by Crippen LogP contribution is -2.14. The Balaban J connectivity index is 2.74. The second-order valence-electron chi connectivity index (χ2n) is 4.64. The van der Waals surface area contributed by atoms with Gasteiger partial charge in [-0.05, 0) is 24.3 Å². The van der Waals surface area contributed by atoms with Crippen LogP contribution in [0.25, 0.3) is 32.3 Å². The fourth-order valence-electron chi connectivity index (χ4n) is 2.73. The Labute approximate surface area is 109 Å². The maximum absolute atomic E-state index is 12.0. The molecule has 0 fully saturated rings. The molecular weight excluding hydrogens is 260 g/mol. The van der Waals surface area contributed by atoms with Crippen molar-refractivity contribution in [3.8, 4) is 0 Å². The Morgan fingerprint density at radius 3 is 1.00 bits per heavy atom. The van der Waals surface area contributed by atoms with Gasteiger partial charge in [0.25, 0.3) is 22.2 Å². The van der Waals surface area contributed by atoms with Crippen LogP contribution in [0.15, 0.2) is 43.4 Å². The monoisotopic (exact) mass is 266 g/mol.